The maximum atomic E-state index is 11.9. The molecule has 0 aromatic carbocycles. The minimum Gasteiger partial charge on any atom is -0.380 e. The topological polar surface area (TPSA) is 61.9 Å². The molecule has 0 aromatic heterocycles. The van der Waals surface area contributed by atoms with Gasteiger partial charge in [-0.15, -0.1) is 0 Å². The van der Waals surface area contributed by atoms with Gasteiger partial charge in [-0.3, -0.25) is 14.5 Å². The number of hydrogen-bond donors (Lipinski definition) is 1. The zero-order valence-corrected chi connectivity index (χ0v) is 15.1. The SMILES string of the molecule is CC(C)CCOCCNC(=O)CN1CCC(C(=O)N(C)C)CC1. The number of nitrogens with zero attached hydrogens (tertiary/aromatic N) is 2. The summed E-state index contributed by atoms with van der Waals surface area (Å²) in [6, 6.07) is 0. The van der Waals surface area contributed by atoms with Crippen LogP contribution < -0.4 is 5.32 Å². The van der Waals surface area contributed by atoms with Crippen molar-refractivity contribution in [2.75, 3.05) is 53.5 Å². The second kappa shape index (κ2) is 10.6. The summed E-state index contributed by atoms with van der Waals surface area (Å²) in [5, 5.41) is 2.89. The van der Waals surface area contributed by atoms with Crippen LogP contribution in [0, 0.1) is 11.8 Å². The van der Waals surface area contributed by atoms with Crippen molar-refractivity contribution in [2.24, 2.45) is 11.8 Å². The Labute approximate surface area is 140 Å². The number of carbonyl (C=O) groups excluding carboxylic acids is 2. The lowest BCUT2D eigenvalue weighted by Crippen LogP contribution is -2.44. The van der Waals surface area contributed by atoms with Crippen LogP contribution >= 0.6 is 0 Å². The van der Waals surface area contributed by atoms with Crippen molar-refractivity contribution in [2.45, 2.75) is 33.1 Å². The summed E-state index contributed by atoms with van der Waals surface area (Å²) in [5.41, 5.74) is 0. The van der Waals surface area contributed by atoms with E-state index < -0.39 is 0 Å². The maximum Gasteiger partial charge on any atom is 0.234 e. The fraction of sp³-hybridized carbons (Fsp3) is 0.882. The van der Waals surface area contributed by atoms with E-state index in [1.165, 1.54) is 0 Å². The van der Waals surface area contributed by atoms with Gasteiger partial charge in [0, 0.05) is 33.2 Å². The molecule has 6 heteroatoms. The molecule has 1 saturated heterocycles. The van der Waals surface area contributed by atoms with Gasteiger partial charge in [-0.05, 0) is 38.3 Å². The zero-order chi connectivity index (χ0) is 17.2. The lowest BCUT2D eigenvalue weighted by atomic mass is 9.95. The van der Waals surface area contributed by atoms with E-state index in [4.69, 9.17) is 4.74 Å². The van der Waals surface area contributed by atoms with Crippen LogP contribution in [0.1, 0.15) is 33.1 Å². The third-order valence-electron chi connectivity index (χ3n) is 4.15. The van der Waals surface area contributed by atoms with Crippen LogP contribution in [0.4, 0.5) is 0 Å². The summed E-state index contributed by atoms with van der Waals surface area (Å²) in [5.74, 6) is 0.994. The largest absolute Gasteiger partial charge is 0.380 e. The molecule has 0 spiro atoms. The van der Waals surface area contributed by atoms with E-state index >= 15 is 0 Å². The number of rotatable bonds is 9. The highest BCUT2D eigenvalue weighted by atomic mass is 16.5. The van der Waals surface area contributed by atoms with Crippen molar-refractivity contribution in [1.29, 1.82) is 0 Å². The standard InChI is InChI=1S/C17H33N3O3/c1-14(2)7-11-23-12-8-18-16(21)13-20-9-5-15(6-10-20)17(22)19(3)4/h14-15H,5-13H2,1-4H3,(H,18,21). The molecule has 6 nitrogen and oxygen atoms in total. The fourth-order valence-electron chi connectivity index (χ4n) is 2.65. The highest BCUT2D eigenvalue weighted by molar-refractivity contribution is 5.79. The van der Waals surface area contributed by atoms with Crippen LogP contribution in [0.2, 0.25) is 0 Å². The van der Waals surface area contributed by atoms with E-state index in [0.717, 1.165) is 39.0 Å². The number of hydrogen-bond acceptors (Lipinski definition) is 4. The van der Waals surface area contributed by atoms with Crippen molar-refractivity contribution >= 4 is 11.8 Å². The van der Waals surface area contributed by atoms with Crippen LogP contribution in [0.25, 0.3) is 0 Å². The molecule has 1 rings (SSSR count). The molecule has 0 aromatic rings. The van der Waals surface area contributed by atoms with E-state index in [1.807, 2.05) is 0 Å². The van der Waals surface area contributed by atoms with Gasteiger partial charge < -0.3 is 15.0 Å². The molecule has 1 heterocycles. The van der Waals surface area contributed by atoms with E-state index in [2.05, 4.69) is 24.1 Å². The number of nitrogens with one attached hydrogen (secondary N) is 1. The van der Waals surface area contributed by atoms with Crippen molar-refractivity contribution in [3.8, 4) is 0 Å². The molecule has 0 unspecified atom stereocenters. The van der Waals surface area contributed by atoms with E-state index in [0.29, 0.717) is 25.6 Å². The third kappa shape index (κ3) is 8.32. The van der Waals surface area contributed by atoms with Crippen molar-refractivity contribution in [3.63, 3.8) is 0 Å². The highest BCUT2D eigenvalue weighted by Crippen LogP contribution is 2.18. The Balaban J connectivity index is 2.09. The van der Waals surface area contributed by atoms with E-state index in [9.17, 15) is 9.59 Å². The zero-order valence-electron chi connectivity index (χ0n) is 15.1. The minimum atomic E-state index is 0.0369. The van der Waals surface area contributed by atoms with Crippen LogP contribution in [-0.4, -0.2) is 75.1 Å². The molecule has 1 fully saturated rings. The Morgan fingerprint density at radius 1 is 1.22 bits per heavy atom. The lowest BCUT2D eigenvalue weighted by molar-refractivity contribution is -0.134. The fourth-order valence-corrected chi connectivity index (χ4v) is 2.65. The molecule has 134 valence electrons. The van der Waals surface area contributed by atoms with Gasteiger partial charge in [0.2, 0.25) is 11.8 Å². The molecule has 0 atom stereocenters. The number of likely N-dealkylation sites (tertiary alicyclic amines) is 1. The first-order chi connectivity index (χ1) is 10.9. The molecule has 0 aliphatic carbocycles. The second-order valence-electron chi connectivity index (χ2n) is 6.93. The third-order valence-corrected chi connectivity index (χ3v) is 4.15. The smallest absolute Gasteiger partial charge is 0.234 e. The quantitative estimate of drug-likeness (QED) is 0.641. The highest BCUT2D eigenvalue weighted by Gasteiger charge is 2.26. The average Bonchev–Trinajstić information content (AvgIpc) is 2.50. The van der Waals surface area contributed by atoms with Crippen LogP contribution in [0.3, 0.4) is 0 Å². The predicted octanol–water partition coefficient (Wildman–Crippen LogP) is 0.966. The first-order valence-corrected chi connectivity index (χ1v) is 8.68. The van der Waals surface area contributed by atoms with Crippen molar-refractivity contribution in [3.05, 3.63) is 0 Å². The van der Waals surface area contributed by atoms with Crippen LogP contribution in [-0.2, 0) is 14.3 Å². The van der Waals surface area contributed by atoms with Gasteiger partial charge in [-0.25, -0.2) is 0 Å². The van der Waals surface area contributed by atoms with Gasteiger partial charge >= 0.3 is 0 Å². The van der Waals surface area contributed by atoms with Gasteiger partial charge in [0.25, 0.3) is 0 Å². The van der Waals surface area contributed by atoms with Crippen molar-refractivity contribution < 1.29 is 14.3 Å². The Kier molecular flexibility index (Phi) is 9.17. The minimum absolute atomic E-state index is 0.0369. The number of carbonyl (C=O) groups is 2. The summed E-state index contributed by atoms with van der Waals surface area (Å²) in [6.45, 7) is 8.24. The Morgan fingerprint density at radius 2 is 1.87 bits per heavy atom. The van der Waals surface area contributed by atoms with Gasteiger partial charge in [0.1, 0.15) is 0 Å². The molecule has 23 heavy (non-hydrogen) atoms. The van der Waals surface area contributed by atoms with Gasteiger partial charge in [0.15, 0.2) is 0 Å². The summed E-state index contributed by atoms with van der Waals surface area (Å²) >= 11 is 0. The number of ether oxygens (including phenoxy) is 1. The summed E-state index contributed by atoms with van der Waals surface area (Å²) in [7, 11) is 3.59. The molecule has 2 amide bonds. The summed E-state index contributed by atoms with van der Waals surface area (Å²) in [4.78, 5) is 27.6. The molecule has 0 saturated carbocycles. The first-order valence-electron chi connectivity index (χ1n) is 8.68. The van der Waals surface area contributed by atoms with E-state index in [-0.39, 0.29) is 17.7 Å². The molecular weight excluding hydrogens is 294 g/mol. The molecule has 1 N–H and O–H groups in total. The Bertz CT molecular complexity index is 364. The molecule has 1 aliphatic rings. The Hall–Kier alpha value is -1.14. The summed E-state index contributed by atoms with van der Waals surface area (Å²) in [6.07, 6.45) is 2.72. The normalized spacial score (nSPS) is 16.6. The molecule has 0 bridgehead atoms. The Morgan fingerprint density at radius 3 is 2.43 bits per heavy atom. The lowest BCUT2D eigenvalue weighted by Gasteiger charge is -2.31. The van der Waals surface area contributed by atoms with Gasteiger partial charge in [-0.2, -0.15) is 0 Å². The monoisotopic (exact) mass is 327 g/mol. The predicted molar refractivity (Wildman–Crippen MR) is 91.1 cm³/mol. The molecule has 1 aliphatic heterocycles. The first kappa shape index (κ1) is 19.9. The van der Waals surface area contributed by atoms with Crippen LogP contribution in [0.5, 0.6) is 0 Å². The van der Waals surface area contributed by atoms with Crippen LogP contribution in [0.15, 0.2) is 0 Å². The van der Waals surface area contributed by atoms with Crippen molar-refractivity contribution in [1.82, 2.24) is 15.1 Å². The average molecular weight is 327 g/mol. The molecule has 0 radical (unpaired) electrons. The maximum absolute atomic E-state index is 11.9. The van der Waals surface area contributed by atoms with Gasteiger partial charge in [0.05, 0.1) is 13.2 Å². The number of piperidine rings is 1. The van der Waals surface area contributed by atoms with E-state index in [1.54, 1.807) is 19.0 Å². The summed E-state index contributed by atoms with van der Waals surface area (Å²) < 4.78 is 5.48. The van der Waals surface area contributed by atoms with Gasteiger partial charge in [-0.1, -0.05) is 13.8 Å². The second-order valence-corrected chi connectivity index (χ2v) is 6.93. The molecular formula is C17H33N3O3. The number of amides is 2.